The summed E-state index contributed by atoms with van der Waals surface area (Å²) in [6.07, 6.45) is 3.34. The minimum atomic E-state index is 1.05. The fraction of sp³-hybridized carbons (Fsp3) is 0.308. The molecule has 0 aliphatic rings. The van der Waals surface area contributed by atoms with Crippen LogP contribution in [0.15, 0.2) is 24.3 Å². The molecule has 0 radical (unpaired) electrons. The van der Waals surface area contributed by atoms with Crippen LogP contribution >= 0.6 is 0 Å². The SMILES string of the molecule is CN(C)c1ccc(N(C)C)c(/C=C/C#N)c1. The average Bonchev–Trinajstić information content (AvgIpc) is 2.25. The molecule has 16 heavy (non-hydrogen) atoms. The van der Waals surface area contributed by atoms with Crippen LogP contribution in [-0.2, 0) is 0 Å². The maximum Gasteiger partial charge on any atom is 0.0912 e. The van der Waals surface area contributed by atoms with Crippen LogP contribution < -0.4 is 9.80 Å². The van der Waals surface area contributed by atoms with Gasteiger partial charge in [-0.3, -0.25) is 0 Å². The van der Waals surface area contributed by atoms with E-state index >= 15 is 0 Å². The van der Waals surface area contributed by atoms with Crippen molar-refractivity contribution in [3.8, 4) is 6.07 Å². The molecule has 1 aromatic rings. The highest BCUT2D eigenvalue weighted by atomic mass is 15.1. The van der Waals surface area contributed by atoms with Gasteiger partial charge in [0.1, 0.15) is 0 Å². The van der Waals surface area contributed by atoms with E-state index in [4.69, 9.17) is 5.26 Å². The third-order valence-electron chi connectivity index (χ3n) is 2.35. The summed E-state index contributed by atoms with van der Waals surface area (Å²) in [5, 5.41) is 8.57. The summed E-state index contributed by atoms with van der Waals surface area (Å²) in [6, 6.07) is 8.22. The molecule has 0 unspecified atom stereocenters. The van der Waals surface area contributed by atoms with Crippen molar-refractivity contribution in [1.82, 2.24) is 0 Å². The molecule has 1 rings (SSSR count). The predicted octanol–water partition coefficient (Wildman–Crippen LogP) is 2.36. The Kier molecular flexibility index (Phi) is 3.96. The van der Waals surface area contributed by atoms with E-state index in [1.807, 2.05) is 50.1 Å². The van der Waals surface area contributed by atoms with Crippen LogP contribution in [0, 0.1) is 11.3 Å². The van der Waals surface area contributed by atoms with Gasteiger partial charge in [-0.1, -0.05) is 0 Å². The van der Waals surface area contributed by atoms with Crippen LogP contribution in [0.3, 0.4) is 0 Å². The first-order valence-corrected chi connectivity index (χ1v) is 5.11. The number of nitriles is 1. The van der Waals surface area contributed by atoms with Crippen molar-refractivity contribution in [3.05, 3.63) is 29.8 Å². The summed E-state index contributed by atoms with van der Waals surface area (Å²) < 4.78 is 0. The van der Waals surface area contributed by atoms with Crippen molar-refractivity contribution in [2.45, 2.75) is 0 Å². The van der Waals surface area contributed by atoms with Crippen molar-refractivity contribution in [3.63, 3.8) is 0 Å². The highest BCUT2D eigenvalue weighted by molar-refractivity contribution is 5.72. The third-order valence-corrected chi connectivity index (χ3v) is 2.35. The van der Waals surface area contributed by atoms with Crippen LogP contribution in [0.5, 0.6) is 0 Å². The Balaban J connectivity index is 3.22. The number of rotatable bonds is 3. The van der Waals surface area contributed by atoms with E-state index < -0.39 is 0 Å². The number of nitrogens with zero attached hydrogens (tertiary/aromatic N) is 3. The van der Waals surface area contributed by atoms with Crippen molar-refractivity contribution in [2.75, 3.05) is 38.0 Å². The molecule has 0 fully saturated rings. The Labute approximate surface area is 97.2 Å². The van der Waals surface area contributed by atoms with E-state index in [2.05, 4.69) is 18.2 Å². The lowest BCUT2D eigenvalue weighted by molar-refractivity contribution is 1.11. The van der Waals surface area contributed by atoms with Gasteiger partial charge in [-0.05, 0) is 24.3 Å². The molecule has 0 heterocycles. The van der Waals surface area contributed by atoms with Gasteiger partial charge in [0, 0.05) is 51.2 Å². The number of hydrogen-bond acceptors (Lipinski definition) is 3. The first kappa shape index (κ1) is 12.1. The van der Waals surface area contributed by atoms with E-state index in [-0.39, 0.29) is 0 Å². The van der Waals surface area contributed by atoms with Crippen molar-refractivity contribution in [2.24, 2.45) is 0 Å². The third kappa shape index (κ3) is 2.77. The highest BCUT2D eigenvalue weighted by Crippen LogP contribution is 2.25. The Hall–Kier alpha value is -1.95. The van der Waals surface area contributed by atoms with Crippen LogP contribution in [0.25, 0.3) is 6.08 Å². The van der Waals surface area contributed by atoms with Crippen molar-refractivity contribution in [1.29, 1.82) is 5.26 Å². The Bertz CT molecular complexity index is 425. The molecule has 0 spiro atoms. The normalized spacial score (nSPS) is 10.2. The molecule has 1 aromatic carbocycles. The molecular weight excluding hydrogens is 198 g/mol. The van der Waals surface area contributed by atoms with Crippen LogP contribution in [0.4, 0.5) is 11.4 Å². The standard InChI is InChI=1S/C13H17N3/c1-15(2)12-7-8-13(16(3)4)11(10-12)6-5-9-14/h5-8,10H,1-4H3/b6-5+. The minimum absolute atomic E-state index is 1.05. The monoisotopic (exact) mass is 215 g/mol. The maximum atomic E-state index is 8.57. The lowest BCUT2D eigenvalue weighted by Crippen LogP contribution is -2.12. The van der Waals surface area contributed by atoms with Crippen molar-refractivity contribution >= 4 is 17.5 Å². The van der Waals surface area contributed by atoms with E-state index in [0.29, 0.717) is 0 Å². The van der Waals surface area contributed by atoms with Gasteiger partial charge in [0.15, 0.2) is 0 Å². The summed E-state index contributed by atoms with van der Waals surface area (Å²) in [7, 11) is 7.99. The average molecular weight is 215 g/mol. The molecule has 0 aliphatic carbocycles. The summed E-state index contributed by atoms with van der Waals surface area (Å²) in [5.74, 6) is 0. The first-order chi connectivity index (χ1) is 7.56. The zero-order valence-electron chi connectivity index (χ0n) is 10.2. The molecule has 0 amide bonds. The van der Waals surface area contributed by atoms with E-state index in [0.717, 1.165) is 16.9 Å². The first-order valence-electron chi connectivity index (χ1n) is 5.11. The zero-order valence-corrected chi connectivity index (χ0v) is 10.2. The lowest BCUT2D eigenvalue weighted by atomic mass is 10.1. The minimum Gasteiger partial charge on any atom is -0.378 e. The summed E-state index contributed by atoms with van der Waals surface area (Å²) in [6.45, 7) is 0. The van der Waals surface area contributed by atoms with E-state index in [9.17, 15) is 0 Å². The van der Waals surface area contributed by atoms with E-state index in [1.54, 1.807) is 0 Å². The fourth-order valence-corrected chi connectivity index (χ4v) is 1.49. The summed E-state index contributed by atoms with van der Waals surface area (Å²) in [4.78, 5) is 4.08. The highest BCUT2D eigenvalue weighted by Gasteiger charge is 2.04. The van der Waals surface area contributed by atoms with E-state index in [1.165, 1.54) is 6.08 Å². The summed E-state index contributed by atoms with van der Waals surface area (Å²) in [5.41, 5.74) is 3.29. The molecule has 0 aromatic heterocycles. The van der Waals surface area contributed by atoms with Gasteiger partial charge in [0.2, 0.25) is 0 Å². The van der Waals surface area contributed by atoms with Crippen LogP contribution in [-0.4, -0.2) is 28.2 Å². The molecule has 84 valence electrons. The smallest absolute Gasteiger partial charge is 0.0912 e. The van der Waals surface area contributed by atoms with Gasteiger partial charge in [0.25, 0.3) is 0 Å². The maximum absolute atomic E-state index is 8.57. The zero-order chi connectivity index (χ0) is 12.1. The fourth-order valence-electron chi connectivity index (χ4n) is 1.49. The number of hydrogen-bond donors (Lipinski definition) is 0. The Morgan fingerprint density at radius 1 is 1.12 bits per heavy atom. The van der Waals surface area contributed by atoms with Crippen LogP contribution in [0.1, 0.15) is 5.56 Å². The van der Waals surface area contributed by atoms with Gasteiger partial charge in [0.05, 0.1) is 6.07 Å². The molecule has 0 saturated heterocycles. The van der Waals surface area contributed by atoms with Gasteiger partial charge in [-0.2, -0.15) is 5.26 Å². The molecule has 0 N–H and O–H groups in total. The molecule has 0 saturated carbocycles. The van der Waals surface area contributed by atoms with Crippen LogP contribution in [0.2, 0.25) is 0 Å². The quantitative estimate of drug-likeness (QED) is 0.725. The number of benzene rings is 1. The second-order valence-electron chi connectivity index (χ2n) is 3.99. The lowest BCUT2D eigenvalue weighted by Gasteiger charge is -2.19. The summed E-state index contributed by atoms with van der Waals surface area (Å²) >= 11 is 0. The molecule has 0 aliphatic heterocycles. The largest absolute Gasteiger partial charge is 0.378 e. The second-order valence-corrected chi connectivity index (χ2v) is 3.99. The van der Waals surface area contributed by atoms with Gasteiger partial charge >= 0.3 is 0 Å². The van der Waals surface area contributed by atoms with Gasteiger partial charge in [-0.15, -0.1) is 0 Å². The Morgan fingerprint density at radius 3 is 2.31 bits per heavy atom. The van der Waals surface area contributed by atoms with Crippen molar-refractivity contribution < 1.29 is 0 Å². The molecule has 3 heteroatoms. The Morgan fingerprint density at radius 2 is 1.81 bits per heavy atom. The second kappa shape index (κ2) is 5.22. The molecular formula is C13H17N3. The molecule has 3 nitrogen and oxygen atoms in total. The molecule has 0 atom stereocenters. The molecule has 0 bridgehead atoms. The van der Waals surface area contributed by atoms with Gasteiger partial charge < -0.3 is 9.80 Å². The predicted molar refractivity (Wildman–Crippen MR) is 69.7 cm³/mol. The number of allylic oxidation sites excluding steroid dienone is 1. The topological polar surface area (TPSA) is 30.3 Å². The van der Waals surface area contributed by atoms with Gasteiger partial charge in [-0.25, -0.2) is 0 Å². The number of anilines is 2.